The molecular weight excluding hydrogens is 700 g/mol. The lowest BCUT2D eigenvalue weighted by Crippen LogP contribution is -2.62. The Hall–Kier alpha value is -3.51. The van der Waals surface area contributed by atoms with Gasteiger partial charge in [0, 0.05) is 17.7 Å². The van der Waals surface area contributed by atoms with E-state index in [-0.39, 0.29) is 17.1 Å². The first kappa shape index (κ1) is 38.2. The fraction of sp³-hybridized carbons (Fsp3) is 0.545. The molecule has 19 heteroatoms. The summed E-state index contributed by atoms with van der Waals surface area (Å²) in [4.78, 5) is 13.5. The third kappa shape index (κ3) is 6.85. The second-order valence-corrected chi connectivity index (χ2v) is 12.9. The summed E-state index contributed by atoms with van der Waals surface area (Å²) in [6, 6.07) is 7.73. The zero-order valence-electron chi connectivity index (χ0n) is 27.3. The van der Waals surface area contributed by atoms with Gasteiger partial charge in [0.15, 0.2) is 11.7 Å². The molecule has 3 aliphatic rings. The Kier molecular flexibility index (Phi) is 11.1. The second kappa shape index (κ2) is 15.1. The Labute approximate surface area is 293 Å². The van der Waals surface area contributed by atoms with Gasteiger partial charge in [0.25, 0.3) is 0 Å². The molecule has 3 saturated heterocycles. The van der Waals surface area contributed by atoms with Crippen LogP contribution in [0.3, 0.4) is 0 Å². The molecule has 4 heterocycles. The summed E-state index contributed by atoms with van der Waals surface area (Å²) in [6.07, 6.45) is -25.7. The van der Waals surface area contributed by atoms with Crippen LogP contribution in [0.5, 0.6) is 17.2 Å². The number of phenolic OH excluding ortho intramolecular Hbond substituents is 2. The van der Waals surface area contributed by atoms with Crippen molar-refractivity contribution in [2.75, 3.05) is 13.2 Å². The van der Waals surface area contributed by atoms with Crippen molar-refractivity contribution in [2.45, 2.75) is 98.9 Å². The molecule has 0 spiro atoms. The maximum atomic E-state index is 13.5. The normalized spacial score (nSPS) is 38.3. The predicted molar refractivity (Wildman–Crippen MR) is 170 cm³/mol. The van der Waals surface area contributed by atoms with Crippen LogP contribution in [0, 0.1) is 0 Å². The molecule has 19 nitrogen and oxygen atoms in total. The molecule has 12 N–H and O–H groups in total. The smallest absolute Gasteiger partial charge is 0.229 e. The molecule has 3 aromatic rings. The third-order valence-corrected chi connectivity index (χ3v) is 9.48. The number of aliphatic hydroxyl groups is 10. The van der Waals surface area contributed by atoms with Crippen molar-refractivity contribution in [3.63, 3.8) is 0 Å². The van der Waals surface area contributed by atoms with Gasteiger partial charge in [-0.1, -0.05) is 0 Å². The molecule has 1 aromatic heterocycles. The first-order valence-corrected chi connectivity index (χ1v) is 16.2. The van der Waals surface area contributed by atoms with Crippen LogP contribution in [-0.4, -0.2) is 160 Å². The highest BCUT2D eigenvalue weighted by Crippen LogP contribution is 2.46. The van der Waals surface area contributed by atoms with Gasteiger partial charge in [0.2, 0.25) is 6.29 Å². The van der Waals surface area contributed by atoms with Crippen LogP contribution in [0.2, 0.25) is 0 Å². The van der Waals surface area contributed by atoms with Crippen molar-refractivity contribution in [1.29, 1.82) is 0 Å². The molecule has 0 aliphatic carbocycles. The lowest BCUT2D eigenvalue weighted by atomic mass is 9.89. The van der Waals surface area contributed by atoms with Crippen LogP contribution in [0.15, 0.2) is 45.6 Å². The van der Waals surface area contributed by atoms with Gasteiger partial charge in [0.1, 0.15) is 107 Å². The monoisotopic (exact) mass is 740 g/mol. The van der Waals surface area contributed by atoms with E-state index in [9.17, 15) is 66.1 Å². The van der Waals surface area contributed by atoms with Crippen molar-refractivity contribution in [3.8, 4) is 28.6 Å². The second-order valence-electron chi connectivity index (χ2n) is 12.9. The Morgan fingerprint density at radius 1 is 0.692 bits per heavy atom. The fourth-order valence-electron chi connectivity index (χ4n) is 6.53. The first-order valence-electron chi connectivity index (χ1n) is 16.2. The van der Waals surface area contributed by atoms with E-state index in [0.717, 1.165) is 12.1 Å². The Balaban J connectivity index is 1.40. The number of ether oxygens (including phenoxy) is 5. The van der Waals surface area contributed by atoms with Gasteiger partial charge >= 0.3 is 0 Å². The molecular formula is C33H40O19. The summed E-state index contributed by atoms with van der Waals surface area (Å²) in [5.41, 5.74) is -1.20. The van der Waals surface area contributed by atoms with Crippen LogP contribution in [-0.2, 0) is 18.9 Å². The van der Waals surface area contributed by atoms with E-state index >= 15 is 0 Å². The van der Waals surface area contributed by atoms with Crippen molar-refractivity contribution < 1.29 is 89.4 Å². The minimum Gasteiger partial charge on any atom is -0.508 e. The van der Waals surface area contributed by atoms with Gasteiger partial charge in [-0.25, -0.2) is 0 Å². The van der Waals surface area contributed by atoms with Gasteiger partial charge in [-0.05, 0) is 31.2 Å². The topological polar surface area (TPSA) is 319 Å². The summed E-state index contributed by atoms with van der Waals surface area (Å²) >= 11 is 0. The van der Waals surface area contributed by atoms with Crippen LogP contribution >= 0.6 is 0 Å². The van der Waals surface area contributed by atoms with E-state index in [4.69, 9.17) is 28.1 Å². The molecule has 0 bridgehead atoms. The molecule has 3 aliphatic heterocycles. The molecule has 0 saturated carbocycles. The van der Waals surface area contributed by atoms with Gasteiger partial charge in [-0.3, -0.25) is 4.79 Å². The fourth-order valence-corrected chi connectivity index (χ4v) is 6.53. The molecule has 6 rings (SSSR count). The van der Waals surface area contributed by atoms with E-state index in [0.29, 0.717) is 5.56 Å². The largest absolute Gasteiger partial charge is 0.508 e. The highest BCUT2D eigenvalue weighted by Gasteiger charge is 2.51. The highest BCUT2D eigenvalue weighted by molar-refractivity contribution is 5.88. The molecule has 3 fully saturated rings. The SMILES string of the molecule is C[C@H]1O[C@@H](c2c(O[C@@H]3O[C@H](CO)[C@@H](O)[C@@H](O)[C@H]3O)cc3oc(-c4ccc(O)cc4)cc(=O)c3c2O)[C@H](O)[C@H](O)[C@H]1O[C@@H]1O[C@H](CO)[C@@H](O)[C@H](O)[C@H]1O. The number of hydrogen-bond acceptors (Lipinski definition) is 19. The lowest BCUT2D eigenvalue weighted by molar-refractivity contribution is -0.340. The van der Waals surface area contributed by atoms with Crippen LogP contribution in [0.25, 0.3) is 22.3 Å². The van der Waals surface area contributed by atoms with Gasteiger partial charge in [-0.2, -0.15) is 0 Å². The third-order valence-electron chi connectivity index (χ3n) is 9.48. The number of phenols is 2. The van der Waals surface area contributed by atoms with Crippen LogP contribution in [0.1, 0.15) is 18.6 Å². The number of rotatable bonds is 8. The molecule has 0 amide bonds. The van der Waals surface area contributed by atoms with Crippen LogP contribution in [0.4, 0.5) is 0 Å². The highest BCUT2D eigenvalue weighted by atomic mass is 16.7. The number of hydrogen-bond donors (Lipinski definition) is 12. The van der Waals surface area contributed by atoms with Gasteiger partial charge in [0.05, 0.1) is 24.9 Å². The zero-order valence-corrected chi connectivity index (χ0v) is 27.3. The van der Waals surface area contributed by atoms with E-state index in [1.54, 1.807) is 0 Å². The summed E-state index contributed by atoms with van der Waals surface area (Å²) in [6.45, 7) is -0.210. The van der Waals surface area contributed by atoms with Crippen molar-refractivity contribution >= 4 is 11.0 Å². The molecule has 0 radical (unpaired) electrons. The number of benzene rings is 2. The predicted octanol–water partition coefficient (Wildman–Crippen LogP) is -3.58. The van der Waals surface area contributed by atoms with E-state index in [2.05, 4.69) is 0 Å². The number of fused-ring (bicyclic) bond motifs is 1. The minimum absolute atomic E-state index is 0.00498. The molecule has 286 valence electrons. The minimum atomic E-state index is -2.02. The number of aliphatic hydroxyl groups excluding tert-OH is 10. The quantitative estimate of drug-likeness (QED) is 0.106. The Bertz CT molecular complexity index is 1760. The molecule has 15 atom stereocenters. The Morgan fingerprint density at radius 3 is 1.87 bits per heavy atom. The maximum Gasteiger partial charge on any atom is 0.229 e. The molecule has 52 heavy (non-hydrogen) atoms. The zero-order chi connectivity index (χ0) is 37.8. The average Bonchev–Trinajstić information content (AvgIpc) is 3.12. The number of aromatic hydroxyl groups is 2. The van der Waals surface area contributed by atoms with E-state index < -0.39 is 133 Å². The molecule has 0 unspecified atom stereocenters. The van der Waals surface area contributed by atoms with Crippen molar-refractivity contribution in [3.05, 3.63) is 52.2 Å². The average molecular weight is 741 g/mol. The summed E-state index contributed by atoms with van der Waals surface area (Å²) in [5.74, 6) is -1.40. The lowest BCUT2D eigenvalue weighted by Gasteiger charge is -2.46. The maximum absolute atomic E-state index is 13.5. The van der Waals surface area contributed by atoms with E-state index in [1.165, 1.54) is 31.2 Å². The van der Waals surface area contributed by atoms with Crippen LogP contribution < -0.4 is 10.2 Å². The Morgan fingerprint density at radius 2 is 1.27 bits per heavy atom. The summed E-state index contributed by atoms with van der Waals surface area (Å²) in [7, 11) is 0. The van der Waals surface area contributed by atoms with Crippen molar-refractivity contribution in [1.82, 2.24) is 0 Å². The first-order chi connectivity index (χ1) is 24.7. The van der Waals surface area contributed by atoms with Gasteiger partial charge < -0.3 is 89.4 Å². The van der Waals surface area contributed by atoms with E-state index in [1.807, 2.05) is 0 Å². The summed E-state index contributed by atoms with van der Waals surface area (Å²) < 4.78 is 34.3. The van der Waals surface area contributed by atoms with Crippen molar-refractivity contribution in [2.24, 2.45) is 0 Å². The van der Waals surface area contributed by atoms with Gasteiger partial charge in [-0.15, -0.1) is 0 Å². The standard InChI is InChI=1S/C33H40O19/c1-10-30(52-33-29(46)25(42)22(39)18(9-35)51-33)26(43)27(44)31(47-10)20-16(49-32-28(45)24(41)21(38)17(8-34)50-32)7-15-19(23(20)40)13(37)6-14(48-15)11-2-4-12(36)5-3-11/h2-7,10,17-18,21-22,24-36,38-46H,8-9H2,1H3/t10-,17-,18-,21-,22-,24-,25+,26+,27-,28-,29-,30+,31+,32-,33+/m1/s1. The summed E-state index contributed by atoms with van der Waals surface area (Å²) in [5, 5.41) is 125. The molecule has 2 aromatic carbocycles.